The second-order valence-electron chi connectivity index (χ2n) is 4.36. The van der Waals surface area contributed by atoms with E-state index in [1.54, 1.807) is 0 Å². The predicted octanol–water partition coefficient (Wildman–Crippen LogP) is 1.35. The summed E-state index contributed by atoms with van der Waals surface area (Å²) < 4.78 is 1.09. The van der Waals surface area contributed by atoms with Crippen LogP contribution in [0, 0.1) is 3.57 Å². The number of piperazine rings is 1. The zero-order valence-corrected chi connectivity index (χ0v) is 13.7. The molecule has 0 saturated carbocycles. The molecule has 2 rings (SSSR count). The van der Waals surface area contributed by atoms with Crippen molar-refractivity contribution < 1.29 is 4.79 Å². The van der Waals surface area contributed by atoms with E-state index in [-0.39, 0.29) is 18.3 Å². The van der Waals surface area contributed by atoms with Crippen LogP contribution in [0.25, 0.3) is 0 Å². The van der Waals surface area contributed by atoms with Gasteiger partial charge in [0.2, 0.25) is 0 Å². The van der Waals surface area contributed by atoms with Crippen molar-refractivity contribution in [2.24, 2.45) is 0 Å². The number of benzene rings is 1. The Balaban J connectivity index is 0.00000180. The summed E-state index contributed by atoms with van der Waals surface area (Å²) in [5, 5.41) is 6.29. The SMILES string of the molecule is Cl.O=C(NCCN1CCNCC1)c1cccc(I)c1. The summed E-state index contributed by atoms with van der Waals surface area (Å²) in [4.78, 5) is 14.3. The van der Waals surface area contributed by atoms with Crippen molar-refractivity contribution in [3.63, 3.8) is 0 Å². The molecule has 0 aromatic heterocycles. The molecule has 6 heteroatoms. The minimum atomic E-state index is 0. The lowest BCUT2D eigenvalue weighted by molar-refractivity contribution is 0.0947. The van der Waals surface area contributed by atoms with Gasteiger partial charge in [-0.3, -0.25) is 9.69 Å². The quantitative estimate of drug-likeness (QED) is 0.757. The Kier molecular flexibility index (Phi) is 7.67. The molecule has 0 radical (unpaired) electrons. The third kappa shape index (κ3) is 5.64. The maximum absolute atomic E-state index is 11.9. The average Bonchev–Trinajstić information content (AvgIpc) is 2.40. The van der Waals surface area contributed by atoms with Gasteiger partial charge in [-0.2, -0.15) is 0 Å². The van der Waals surface area contributed by atoms with E-state index < -0.39 is 0 Å². The van der Waals surface area contributed by atoms with Crippen molar-refractivity contribution in [3.05, 3.63) is 33.4 Å². The number of nitrogens with zero attached hydrogens (tertiary/aromatic N) is 1. The van der Waals surface area contributed by atoms with E-state index in [1.165, 1.54) is 0 Å². The van der Waals surface area contributed by atoms with Gasteiger partial charge in [0, 0.05) is 48.4 Å². The van der Waals surface area contributed by atoms with E-state index in [0.29, 0.717) is 6.54 Å². The van der Waals surface area contributed by atoms with Crippen LogP contribution in [0.3, 0.4) is 0 Å². The Bertz CT molecular complexity index is 411. The van der Waals surface area contributed by atoms with E-state index in [4.69, 9.17) is 0 Å². The van der Waals surface area contributed by atoms with E-state index in [0.717, 1.165) is 41.9 Å². The van der Waals surface area contributed by atoms with Gasteiger partial charge in [0.1, 0.15) is 0 Å². The Morgan fingerprint density at radius 1 is 1.37 bits per heavy atom. The van der Waals surface area contributed by atoms with Crippen LogP contribution in [0.5, 0.6) is 0 Å². The molecule has 1 fully saturated rings. The first-order valence-corrected chi connectivity index (χ1v) is 7.30. The van der Waals surface area contributed by atoms with Gasteiger partial charge in [-0.25, -0.2) is 0 Å². The van der Waals surface area contributed by atoms with Crippen molar-refractivity contribution in [2.75, 3.05) is 39.3 Å². The van der Waals surface area contributed by atoms with E-state index >= 15 is 0 Å². The van der Waals surface area contributed by atoms with E-state index in [1.807, 2.05) is 24.3 Å². The Morgan fingerprint density at radius 3 is 2.79 bits per heavy atom. The largest absolute Gasteiger partial charge is 0.351 e. The molecule has 106 valence electrons. The highest BCUT2D eigenvalue weighted by atomic mass is 127. The molecule has 19 heavy (non-hydrogen) atoms. The van der Waals surface area contributed by atoms with Crippen molar-refractivity contribution in [3.8, 4) is 0 Å². The third-order valence-electron chi connectivity index (χ3n) is 3.01. The van der Waals surface area contributed by atoms with Gasteiger partial charge in [-0.1, -0.05) is 6.07 Å². The monoisotopic (exact) mass is 395 g/mol. The van der Waals surface area contributed by atoms with Crippen LogP contribution in [-0.2, 0) is 0 Å². The number of hydrogen-bond acceptors (Lipinski definition) is 3. The molecule has 1 aliphatic rings. The van der Waals surface area contributed by atoms with Crippen LogP contribution in [0.15, 0.2) is 24.3 Å². The molecular weight excluding hydrogens is 377 g/mol. The van der Waals surface area contributed by atoms with Crippen LogP contribution >= 0.6 is 35.0 Å². The Morgan fingerprint density at radius 2 is 2.11 bits per heavy atom. The molecule has 0 unspecified atom stereocenters. The number of carbonyl (C=O) groups excluding carboxylic acids is 1. The first kappa shape index (κ1) is 16.7. The van der Waals surface area contributed by atoms with Crippen LogP contribution in [-0.4, -0.2) is 50.1 Å². The van der Waals surface area contributed by atoms with Crippen LogP contribution in [0.2, 0.25) is 0 Å². The fourth-order valence-electron chi connectivity index (χ4n) is 1.99. The summed E-state index contributed by atoms with van der Waals surface area (Å²) in [6.07, 6.45) is 0. The molecule has 0 bridgehead atoms. The van der Waals surface area contributed by atoms with Gasteiger partial charge in [0.25, 0.3) is 5.91 Å². The molecule has 1 aliphatic heterocycles. The number of amides is 1. The fraction of sp³-hybridized carbons (Fsp3) is 0.462. The van der Waals surface area contributed by atoms with Crippen molar-refractivity contribution in [1.82, 2.24) is 15.5 Å². The summed E-state index contributed by atoms with van der Waals surface area (Å²) in [6, 6.07) is 7.65. The fourth-order valence-corrected chi connectivity index (χ4v) is 2.54. The highest BCUT2D eigenvalue weighted by Crippen LogP contribution is 2.07. The highest BCUT2D eigenvalue weighted by molar-refractivity contribution is 14.1. The maximum Gasteiger partial charge on any atom is 0.251 e. The molecule has 2 N–H and O–H groups in total. The molecule has 1 saturated heterocycles. The first-order chi connectivity index (χ1) is 8.75. The average molecular weight is 396 g/mol. The van der Waals surface area contributed by atoms with Gasteiger partial charge in [-0.05, 0) is 40.8 Å². The number of nitrogens with one attached hydrogen (secondary N) is 2. The molecule has 1 amide bonds. The summed E-state index contributed by atoms with van der Waals surface area (Å²) in [6.45, 7) is 5.87. The minimum absolute atomic E-state index is 0. The number of halogens is 2. The van der Waals surface area contributed by atoms with Gasteiger partial charge in [-0.15, -0.1) is 12.4 Å². The smallest absolute Gasteiger partial charge is 0.251 e. The molecule has 1 aromatic rings. The zero-order valence-electron chi connectivity index (χ0n) is 10.7. The van der Waals surface area contributed by atoms with Gasteiger partial charge >= 0.3 is 0 Å². The van der Waals surface area contributed by atoms with Gasteiger partial charge in [0.05, 0.1) is 0 Å². The van der Waals surface area contributed by atoms with E-state index in [9.17, 15) is 4.79 Å². The van der Waals surface area contributed by atoms with Crippen molar-refractivity contribution in [1.29, 1.82) is 0 Å². The van der Waals surface area contributed by atoms with Crippen LogP contribution < -0.4 is 10.6 Å². The summed E-state index contributed by atoms with van der Waals surface area (Å²) in [7, 11) is 0. The lowest BCUT2D eigenvalue weighted by Crippen LogP contribution is -2.46. The third-order valence-corrected chi connectivity index (χ3v) is 3.68. The molecule has 4 nitrogen and oxygen atoms in total. The molecular formula is C13H19ClIN3O. The van der Waals surface area contributed by atoms with Crippen molar-refractivity contribution in [2.45, 2.75) is 0 Å². The molecule has 0 spiro atoms. The summed E-state index contributed by atoms with van der Waals surface area (Å²) >= 11 is 2.22. The summed E-state index contributed by atoms with van der Waals surface area (Å²) in [5.74, 6) is 0.0173. The second kappa shape index (κ2) is 8.73. The lowest BCUT2D eigenvalue weighted by atomic mass is 10.2. The molecule has 1 aromatic carbocycles. The van der Waals surface area contributed by atoms with Crippen molar-refractivity contribution >= 4 is 40.9 Å². The summed E-state index contributed by atoms with van der Waals surface area (Å²) in [5.41, 5.74) is 0.738. The molecule has 1 heterocycles. The van der Waals surface area contributed by atoms with Gasteiger partial charge in [0.15, 0.2) is 0 Å². The second-order valence-corrected chi connectivity index (χ2v) is 5.60. The maximum atomic E-state index is 11.9. The lowest BCUT2D eigenvalue weighted by Gasteiger charge is -2.27. The standard InChI is InChI=1S/C13H18IN3O.ClH/c14-12-3-1-2-11(10-12)13(18)16-6-9-17-7-4-15-5-8-17;/h1-3,10,15H,4-9H2,(H,16,18);1H. The predicted molar refractivity (Wildman–Crippen MR) is 88.0 cm³/mol. The van der Waals surface area contributed by atoms with Gasteiger partial charge < -0.3 is 10.6 Å². The van der Waals surface area contributed by atoms with Crippen LogP contribution in [0.4, 0.5) is 0 Å². The molecule has 0 aliphatic carbocycles. The highest BCUT2D eigenvalue weighted by Gasteiger charge is 2.10. The van der Waals surface area contributed by atoms with E-state index in [2.05, 4.69) is 38.1 Å². The zero-order chi connectivity index (χ0) is 12.8. The topological polar surface area (TPSA) is 44.4 Å². The number of rotatable bonds is 4. The number of carbonyl (C=O) groups is 1. The first-order valence-electron chi connectivity index (χ1n) is 6.22. The number of hydrogen-bond donors (Lipinski definition) is 2. The molecule has 0 atom stereocenters. The normalized spacial score (nSPS) is 15.6. The van der Waals surface area contributed by atoms with Crippen LogP contribution in [0.1, 0.15) is 10.4 Å². The Hall–Kier alpha value is -0.370. The minimum Gasteiger partial charge on any atom is -0.351 e. The Labute approximate surface area is 133 Å².